The fraction of sp³-hybridized carbons (Fsp3) is 0.312. The van der Waals surface area contributed by atoms with E-state index in [0.717, 1.165) is 29.9 Å². The van der Waals surface area contributed by atoms with Crippen molar-refractivity contribution in [1.82, 2.24) is 4.98 Å². The molecule has 0 aliphatic heterocycles. The van der Waals surface area contributed by atoms with Crippen molar-refractivity contribution in [3.63, 3.8) is 0 Å². The van der Waals surface area contributed by atoms with Crippen LogP contribution in [-0.4, -0.2) is 12.1 Å². The molecule has 0 aliphatic carbocycles. The van der Waals surface area contributed by atoms with Crippen LogP contribution in [0.3, 0.4) is 0 Å². The zero-order chi connectivity index (χ0) is 13.7. The Bertz CT molecular complexity index is 552. The summed E-state index contributed by atoms with van der Waals surface area (Å²) in [7, 11) is 1.63. The number of para-hydroxylation sites is 1. The highest BCUT2D eigenvalue weighted by Crippen LogP contribution is 2.24. The van der Waals surface area contributed by atoms with Crippen LogP contribution in [0.15, 0.2) is 36.4 Å². The molecule has 0 unspecified atom stereocenters. The maximum Gasteiger partial charge on any atom is 0.214 e. The molecule has 0 fully saturated rings. The molecule has 2 rings (SSSR count). The number of hydrogen-bond acceptors (Lipinski definition) is 3. The number of anilines is 2. The summed E-state index contributed by atoms with van der Waals surface area (Å²) in [4.78, 5) is 4.45. The molecule has 1 aromatic heterocycles. The van der Waals surface area contributed by atoms with Gasteiger partial charge in [-0.15, -0.1) is 0 Å². The van der Waals surface area contributed by atoms with Crippen molar-refractivity contribution in [3.05, 3.63) is 47.5 Å². The molecule has 2 aromatic rings. The number of rotatable bonds is 5. The number of benzene rings is 1. The van der Waals surface area contributed by atoms with E-state index < -0.39 is 0 Å². The van der Waals surface area contributed by atoms with E-state index in [1.54, 1.807) is 7.11 Å². The van der Waals surface area contributed by atoms with Crippen LogP contribution in [-0.2, 0) is 6.42 Å². The molecule has 3 nitrogen and oxygen atoms in total. The van der Waals surface area contributed by atoms with Gasteiger partial charge in [0.05, 0.1) is 7.11 Å². The van der Waals surface area contributed by atoms with Crippen molar-refractivity contribution < 1.29 is 4.74 Å². The Labute approximate surface area is 114 Å². The van der Waals surface area contributed by atoms with Gasteiger partial charge in [0, 0.05) is 11.8 Å². The highest BCUT2D eigenvalue weighted by Gasteiger charge is 2.06. The van der Waals surface area contributed by atoms with Crippen LogP contribution in [0.4, 0.5) is 11.5 Å². The summed E-state index contributed by atoms with van der Waals surface area (Å²) in [5.41, 5.74) is 3.54. The lowest BCUT2D eigenvalue weighted by Crippen LogP contribution is -2.01. The smallest absolute Gasteiger partial charge is 0.214 e. The molecule has 1 aromatic carbocycles. The Morgan fingerprint density at radius 3 is 2.68 bits per heavy atom. The third-order valence-electron chi connectivity index (χ3n) is 3.07. The summed E-state index contributed by atoms with van der Waals surface area (Å²) in [5.74, 6) is 1.48. The monoisotopic (exact) mass is 256 g/mol. The van der Waals surface area contributed by atoms with E-state index in [1.807, 2.05) is 25.1 Å². The van der Waals surface area contributed by atoms with Gasteiger partial charge in [0.1, 0.15) is 5.82 Å². The predicted octanol–water partition coefficient (Wildman–Crippen LogP) is 4.09. The third kappa shape index (κ3) is 3.25. The topological polar surface area (TPSA) is 34.2 Å². The lowest BCUT2D eigenvalue weighted by molar-refractivity contribution is 0.398. The maximum atomic E-state index is 5.17. The minimum absolute atomic E-state index is 0.626. The zero-order valence-electron chi connectivity index (χ0n) is 11.7. The van der Waals surface area contributed by atoms with Gasteiger partial charge in [-0.25, -0.2) is 0 Å². The van der Waals surface area contributed by atoms with Crippen LogP contribution in [0.2, 0.25) is 0 Å². The van der Waals surface area contributed by atoms with Gasteiger partial charge in [0.25, 0.3) is 0 Å². The molecular formula is C16H20N2O. The average molecular weight is 256 g/mol. The molecule has 0 atom stereocenters. The van der Waals surface area contributed by atoms with E-state index in [9.17, 15) is 0 Å². The van der Waals surface area contributed by atoms with Crippen molar-refractivity contribution >= 4 is 11.5 Å². The van der Waals surface area contributed by atoms with Crippen molar-refractivity contribution in [2.24, 2.45) is 0 Å². The summed E-state index contributed by atoms with van der Waals surface area (Å²) >= 11 is 0. The standard InChI is InChI=1S/C16H20N2O/c1-4-7-13-8-5-6-9-14(13)17-16-12(2)10-11-15(18-16)19-3/h5-6,8-11H,4,7H2,1-3H3,(H,17,18). The Hall–Kier alpha value is -2.03. The number of nitrogens with zero attached hydrogens (tertiary/aromatic N) is 1. The van der Waals surface area contributed by atoms with E-state index in [0.29, 0.717) is 5.88 Å². The number of ether oxygens (including phenoxy) is 1. The molecule has 0 radical (unpaired) electrons. The maximum absolute atomic E-state index is 5.17. The number of aromatic nitrogens is 1. The van der Waals surface area contributed by atoms with Gasteiger partial charge in [0.2, 0.25) is 5.88 Å². The largest absolute Gasteiger partial charge is 0.481 e. The Morgan fingerprint density at radius 1 is 1.16 bits per heavy atom. The van der Waals surface area contributed by atoms with Gasteiger partial charge in [-0.05, 0) is 30.5 Å². The second kappa shape index (κ2) is 6.23. The number of pyridine rings is 1. The van der Waals surface area contributed by atoms with Crippen LogP contribution in [0.25, 0.3) is 0 Å². The second-order valence-electron chi connectivity index (χ2n) is 4.55. The summed E-state index contributed by atoms with van der Waals surface area (Å²) in [6.07, 6.45) is 2.19. The molecule has 0 amide bonds. The Morgan fingerprint density at radius 2 is 1.95 bits per heavy atom. The van der Waals surface area contributed by atoms with Crippen LogP contribution >= 0.6 is 0 Å². The van der Waals surface area contributed by atoms with Crippen LogP contribution in [0.5, 0.6) is 5.88 Å². The lowest BCUT2D eigenvalue weighted by atomic mass is 10.1. The van der Waals surface area contributed by atoms with E-state index in [1.165, 1.54) is 5.56 Å². The van der Waals surface area contributed by atoms with Crippen molar-refractivity contribution in [2.75, 3.05) is 12.4 Å². The molecule has 3 heteroatoms. The first-order valence-electron chi connectivity index (χ1n) is 6.61. The van der Waals surface area contributed by atoms with E-state index in [2.05, 4.69) is 35.4 Å². The molecule has 0 saturated carbocycles. The van der Waals surface area contributed by atoms with Gasteiger partial charge in [-0.1, -0.05) is 37.6 Å². The van der Waals surface area contributed by atoms with E-state index in [-0.39, 0.29) is 0 Å². The van der Waals surface area contributed by atoms with Gasteiger partial charge >= 0.3 is 0 Å². The SMILES string of the molecule is CCCc1ccccc1Nc1nc(OC)ccc1C. The van der Waals surface area contributed by atoms with Gasteiger partial charge in [-0.2, -0.15) is 4.98 Å². The first kappa shape index (κ1) is 13.4. The number of methoxy groups -OCH3 is 1. The van der Waals surface area contributed by atoms with E-state index >= 15 is 0 Å². The zero-order valence-corrected chi connectivity index (χ0v) is 11.7. The Balaban J connectivity index is 2.30. The van der Waals surface area contributed by atoms with Gasteiger partial charge < -0.3 is 10.1 Å². The molecule has 1 N–H and O–H groups in total. The fourth-order valence-electron chi connectivity index (χ4n) is 2.01. The molecule has 0 bridgehead atoms. The highest BCUT2D eigenvalue weighted by molar-refractivity contribution is 5.63. The lowest BCUT2D eigenvalue weighted by Gasteiger charge is -2.13. The van der Waals surface area contributed by atoms with Crippen molar-refractivity contribution in [2.45, 2.75) is 26.7 Å². The summed E-state index contributed by atoms with van der Waals surface area (Å²) in [6.45, 7) is 4.23. The fourth-order valence-corrected chi connectivity index (χ4v) is 2.01. The molecule has 0 aliphatic rings. The predicted molar refractivity (Wildman–Crippen MR) is 79.2 cm³/mol. The first-order chi connectivity index (χ1) is 9.24. The number of nitrogens with one attached hydrogen (secondary N) is 1. The summed E-state index contributed by atoms with van der Waals surface area (Å²) in [5, 5.41) is 3.41. The van der Waals surface area contributed by atoms with Crippen molar-refractivity contribution in [3.8, 4) is 5.88 Å². The minimum Gasteiger partial charge on any atom is -0.481 e. The number of aryl methyl sites for hydroxylation is 2. The molecule has 0 spiro atoms. The first-order valence-corrected chi connectivity index (χ1v) is 6.61. The average Bonchev–Trinajstić information content (AvgIpc) is 2.43. The summed E-state index contributed by atoms with van der Waals surface area (Å²) < 4.78 is 5.17. The van der Waals surface area contributed by atoms with Crippen LogP contribution < -0.4 is 10.1 Å². The molecule has 0 saturated heterocycles. The number of hydrogen-bond donors (Lipinski definition) is 1. The van der Waals surface area contributed by atoms with Gasteiger partial charge in [0.15, 0.2) is 0 Å². The molecule has 19 heavy (non-hydrogen) atoms. The van der Waals surface area contributed by atoms with E-state index in [4.69, 9.17) is 4.74 Å². The van der Waals surface area contributed by atoms with Gasteiger partial charge in [-0.3, -0.25) is 0 Å². The second-order valence-corrected chi connectivity index (χ2v) is 4.55. The highest BCUT2D eigenvalue weighted by atomic mass is 16.5. The third-order valence-corrected chi connectivity index (χ3v) is 3.07. The molecule has 100 valence electrons. The quantitative estimate of drug-likeness (QED) is 0.874. The van der Waals surface area contributed by atoms with Crippen LogP contribution in [0, 0.1) is 6.92 Å². The molecule has 1 heterocycles. The molecular weight excluding hydrogens is 236 g/mol. The summed E-state index contributed by atoms with van der Waals surface area (Å²) in [6, 6.07) is 12.2. The van der Waals surface area contributed by atoms with Crippen LogP contribution in [0.1, 0.15) is 24.5 Å². The minimum atomic E-state index is 0.626. The normalized spacial score (nSPS) is 10.3. The van der Waals surface area contributed by atoms with Crippen molar-refractivity contribution in [1.29, 1.82) is 0 Å². The Kier molecular flexibility index (Phi) is 4.39.